The van der Waals surface area contributed by atoms with Crippen LogP contribution in [0.1, 0.15) is 0 Å². The van der Waals surface area contributed by atoms with E-state index in [9.17, 15) is 0 Å². The number of hydrogen-bond donors (Lipinski definition) is 2. The molecular formula is C14H12ClN3S. The predicted octanol–water partition coefficient (Wildman–Crippen LogP) is 4.54. The van der Waals surface area contributed by atoms with E-state index >= 15 is 0 Å². The molecule has 0 unspecified atom stereocenters. The molecule has 0 saturated carbocycles. The van der Waals surface area contributed by atoms with Crippen LogP contribution in [0.5, 0.6) is 0 Å². The van der Waals surface area contributed by atoms with Crippen LogP contribution in [-0.2, 0) is 0 Å². The molecule has 0 radical (unpaired) electrons. The molecule has 0 atom stereocenters. The second-order valence-electron chi connectivity index (χ2n) is 4.10. The van der Waals surface area contributed by atoms with E-state index in [1.807, 2.05) is 35.9 Å². The zero-order chi connectivity index (χ0) is 13.2. The molecule has 0 saturated heterocycles. The summed E-state index contributed by atoms with van der Waals surface area (Å²) in [5.41, 5.74) is 3.08. The van der Waals surface area contributed by atoms with E-state index < -0.39 is 0 Å². The fourth-order valence-electron chi connectivity index (χ4n) is 1.94. The number of rotatable bonds is 4. The maximum atomic E-state index is 6.05. The van der Waals surface area contributed by atoms with Crippen molar-refractivity contribution in [3.8, 4) is 11.3 Å². The molecule has 0 aliphatic carbocycles. The van der Waals surface area contributed by atoms with Gasteiger partial charge in [0.1, 0.15) is 0 Å². The van der Waals surface area contributed by atoms with Crippen molar-refractivity contribution in [2.45, 2.75) is 0 Å². The molecule has 1 aromatic carbocycles. The third-order valence-corrected chi connectivity index (χ3v) is 3.86. The lowest BCUT2D eigenvalue weighted by molar-refractivity contribution is 1.29. The molecule has 3 nitrogen and oxygen atoms in total. The standard InChI is InChI=1S/C14H12ClN3S/c1-2-5-16-14-18-13(8-19-14)11-7-17-12-4-3-9(15)6-10(11)12/h2-4,6-8,17H,1,5H2,(H,16,18). The largest absolute Gasteiger partial charge is 0.360 e. The number of nitrogens with one attached hydrogen (secondary N) is 2. The number of anilines is 1. The van der Waals surface area contributed by atoms with Crippen molar-refractivity contribution in [3.63, 3.8) is 0 Å². The minimum Gasteiger partial charge on any atom is -0.360 e. The Hall–Kier alpha value is -1.78. The van der Waals surface area contributed by atoms with E-state index in [-0.39, 0.29) is 0 Å². The first-order valence-electron chi connectivity index (χ1n) is 5.85. The minimum atomic E-state index is 0.715. The van der Waals surface area contributed by atoms with E-state index in [0.717, 1.165) is 32.3 Å². The van der Waals surface area contributed by atoms with Crippen LogP contribution >= 0.6 is 22.9 Å². The van der Waals surface area contributed by atoms with Gasteiger partial charge in [0, 0.05) is 39.6 Å². The third-order valence-electron chi connectivity index (χ3n) is 2.82. The second-order valence-corrected chi connectivity index (χ2v) is 5.39. The molecule has 2 aromatic heterocycles. The Kier molecular flexibility index (Phi) is 3.27. The molecular weight excluding hydrogens is 278 g/mol. The van der Waals surface area contributed by atoms with Gasteiger partial charge >= 0.3 is 0 Å². The number of benzene rings is 1. The number of thiazole rings is 1. The second kappa shape index (κ2) is 5.07. The monoisotopic (exact) mass is 289 g/mol. The lowest BCUT2D eigenvalue weighted by Gasteiger charge is -1.97. The van der Waals surface area contributed by atoms with E-state index in [4.69, 9.17) is 11.6 Å². The van der Waals surface area contributed by atoms with Crippen molar-refractivity contribution in [2.24, 2.45) is 0 Å². The highest BCUT2D eigenvalue weighted by atomic mass is 35.5. The van der Waals surface area contributed by atoms with Crippen LogP contribution in [0.4, 0.5) is 5.13 Å². The molecule has 0 fully saturated rings. The fourth-order valence-corrected chi connectivity index (χ4v) is 2.84. The summed E-state index contributed by atoms with van der Waals surface area (Å²) in [7, 11) is 0. The molecule has 0 amide bonds. The average Bonchev–Trinajstić information content (AvgIpc) is 3.01. The first kappa shape index (κ1) is 12.3. The summed E-state index contributed by atoms with van der Waals surface area (Å²) in [6.45, 7) is 4.39. The van der Waals surface area contributed by atoms with Crippen molar-refractivity contribution in [1.82, 2.24) is 9.97 Å². The van der Waals surface area contributed by atoms with Crippen molar-refractivity contribution in [3.05, 3.63) is 47.5 Å². The number of hydrogen-bond acceptors (Lipinski definition) is 3. The number of halogens is 1. The van der Waals surface area contributed by atoms with Crippen molar-refractivity contribution < 1.29 is 0 Å². The van der Waals surface area contributed by atoms with Crippen molar-refractivity contribution >= 4 is 39.0 Å². The summed E-state index contributed by atoms with van der Waals surface area (Å²) < 4.78 is 0. The Labute approximate surface area is 119 Å². The zero-order valence-corrected chi connectivity index (χ0v) is 11.7. The third kappa shape index (κ3) is 2.37. The van der Waals surface area contributed by atoms with Gasteiger partial charge in [-0.25, -0.2) is 4.98 Å². The van der Waals surface area contributed by atoms with Crippen LogP contribution < -0.4 is 5.32 Å². The summed E-state index contributed by atoms with van der Waals surface area (Å²) in [5, 5.41) is 7.94. The summed E-state index contributed by atoms with van der Waals surface area (Å²) in [6.07, 6.45) is 3.78. The minimum absolute atomic E-state index is 0.715. The zero-order valence-electron chi connectivity index (χ0n) is 10.1. The van der Waals surface area contributed by atoms with Gasteiger partial charge in [-0.05, 0) is 18.2 Å². The number of nitrogens with zero attached hydrogens (tertiary/aromatic N) is 1. The lowest BCUT2D eigenvalue weighted by atomic mass is 10.1. The van der Waals surface area contributed by atoms with Crippen LogP contribution in [0.25, 0.3) is 22.2 Å². The summed E-state index contributed by atoms with van der Waals surface area (Å²) in [5.74, 6) is 0. The maximum absolute atomic E-state index is 6.05. The van der Waals surface area contributed by atoms with Crippen LogP contribution in [-0.4, -0.2) is 16.5 Å². The Bertz CT molecular complexity index is 729. The highest BCUT2D eigenvalue weighted by Gasteiger charge is 2.10. The molecule has 5 heteroatoms. The van der Waals surface area contributed by atoms with Crippen LogP contribution in [0, 0.1) is 0 Å². The topological polar surface area (TPSA) is 40.7 Å². The molecule has 2 N–H and O–H groups in total. The van der Waals surface area contributed by atoms with Crippen LogP contribution in [0.3, 0.4) is 0 Å². The van der Waals surface area contributed by atoms with Gasteiger partial charge in [-0.2, -0.15) is 0 Å². The Morgan fingerprint density at radius 2 is 2.37 bits per heavy atom. The Balaban J connectivity index is 2.01. The Morgan fingerprint density at radius 3 is 3.21 bits per heavy atom. The highest BCUT2D eigenvalue weighted by Crippen LogP contribution is 2.32. The highest BCUT2D eigenvalue weighted by molar-refractivity contribution is 7.14. The molecule has 3 rings (SSSR count). The molecule has 3 aromatic rings. The summed E-state index contributed by atoms with van der Waals surface area (Å²) >= 11 is 7.64. The number of aromatic nitrogens is 2. The first-order chi connectivity index (χ1) is 9.28. The summed E-state index contributed by atoms with van der Waals surface area (Å²) in [6, 6.07) is 5.81. The quantitative estimate of drug-likeness (QED) is 0.692. The lowest BCUT2D eigenvalue weighted by Crippen LogP contribution is -1.96. The van der Waals surface area contributed by atoms with Crippen LogP contribution in [0.15, 0.2) is 42.4 Å². The molecule has 0 aliphatic rings. The van der Waals surface area contributed by atoms with Crippen molar-refractivity contribution in [2.75, 3.05) is 11.9 Å². The molecule has 19 heavy (non-hydrogen) atoms. The molecule has 0 aliphatic heterocycles. The van der Waals surface area contributed by atoms with Crippen LogP contribution in [0.2, 0.25) is 5.02 Å². The fraction of sp³-hybridized carbons (Fsp3) is 0.0714. The first-order valence-corrected chi connectivity index (χ1v) is 7.11. The van der Waals surface area contributed by atoms with Gasteiger partial charge in [-0.15, -0.1) is 17.9 Å². The van der Waals surface area contributed by atoms with Gasteiger partial charge in [0.05, 0.1) is 5.69 Å². The van der Waals surface area contributed by atoms with Crippen molar-refractivity contribution in [1.29, 1.82) is 0 Å². The van der Waals surface area contributed by atoms with Gasteiger partial charge in [-0.1, -0.05) is 17.7 Å². The normalized spacial score (nSPS) is 10.8. The van der Waals surface area contributed by atoms with E-state index in [1.165, 1.54) is 0 Å². The summed E-state index contributed by atoms with van der Waals surface area (Å²) in [4.78, 5) is 7.80. The van der Waals surface area contributed by atoms with E-state index in [1.54, 1.807) is 11.3 Å². The van der Waals surface area contributed by atoms with Gasteiger partial charge in [-0.3, -0.25) is 0 Å². The predicted molar refractivity (Wildman–Crippen MR) is 83.1 cm³/mol. The molecule has 2 heterocycles. The average molecular weight is 290 g/mol. The Morgan fingerprint density at radius 1 is 1.47 bits per heavy atom. The van der Waals surface area contributed by atoms with Gasteiger partial charge in [0.25, 0.3) is 0 Å². The molecule has 0 bridgehead atoms. The number of fused-ring (bicyclic) bond motifs is 1. The van der Waals surface area contributed by atoms with Gasteiger partial charge < -0.3 is 10.3 Å². The van der Waals surface area contributed by atoms with E-state index in [2.05, 4.69) is 21.9 Å². The molecule has 0 spiro atoms. The smallest absolute Gasteiger partial charge is 0.183 e. The number of aromatic amines is 1. The maximum Gasteiger partial charge on any atom is 0.183 e. The SMILES string of the molecule is C=CCNc1nc(-c2c[nH]c3ccc(Cl)cc23)cs1. The van der Waals surface area contributed by atoms with Gasteiger partial charge in [0.2, 0.25) is 0 Å². The van der Waals surface area contributed by atoms with Gasteiger partial charge in [0.15, 0.2) is 5.13 Å². The van der Waals surface area contributed by atoms with E-state index in [0.29, 0.717) is 6.54 Å². The molecule has 96 valence electrons. The number of H-pyrrole nitrogens is 1.